The molecule has 5 aliphatic heterocycles. The number of nitrogens with one attached hydrogen (secondary N) is 2. The molecule has 0 amide bonds. The molecule has 3 saturated heterocycles. The molecule has 744 valence electrons. The lowest BCUT2D eigenvalue weighted by atomic mass is 9.72. The average molecular weight is 1920 g/mol. The van der Waals surface area contributed by atoms with E-state index in [9.17, 15) is 5.11 Å². The molecule has 0 spiro atoms. The predicted octanol–water partition coefficient (Wildman–Crippen LogP) is 24.5. The number of methoxy groups -OCH3 is 1. The number of rotatable bonds is 31. The summed E-state index contributed by atoms with van der Waals surface area (Å²) in [5, 5.41) is 22.6. The SMILES string of the molecule is COc1ccc(CC(c2ccccc2)C(N)Cc2ccco2)cc1.NCCC(Cc1ccc2c(c1)OCO2)c1ccccc1.NCCC(c1ccccc1)c1ccc2c(c1)OCO2.NCCC(c1ccccc1)c1ccccc1.OC(c1ccccc1)(c1ccccc1)C1CCNCC1.c1ccc(C(c2ccccc2)c2noc(C3CCNCC3)n2)cc1.c1ccc(CC2CCCCN(Cc3ccccc3)C2)cc1. The van der Waals surface area contributed by atoms with Crippen molar-refractivity contribution in [2.75, 3.05) is 79.6 Å². The summed E-state index contributed by atoms with van der Waals surface area (Å²) in [5.74, 6) is 9.51. The predicted molar refractivity (Wildman–Crippen MR) is 582 cm³/mol. The lowest BCUT2D eigenvalue weighted by molar-refractivity contribution is 0.00236. The van der Waals surface area contributed by atoms with Crippen LogP contribution >= 0.6 is 0 Å². The highest BCUT2D eigenvalue weighted by Crippen LogP contribution is 2.43. The van der Waals surface area contributed by atoms with Gasteiger partial charge in [0, 0.05) is 49.2 Å². The van der Waals surface area contributed by atoms with Crippen LogP contribution in [0.25, 0.3) is 0 Å². The van der Waals surface area contributed by atoms with Crippen LogP contribution in [0.1, 0.15) is 195 Å². The van der Waals surface area contributed by atoms with E-state index >= 15 is 0 Å². The standard InChI is InChI=1S/C21H23NO2.C20H21N3O.C20H25N.C18H21NO.C17H19NO2.C16H17NO2.C15H17N/c1-23-18-11-9-16(10-12-18)14-20(17-6-3-2-4-7-17)21(22)15-19-8-5-13-24-19;1-3-7-15(8-4-1)18(16-9-5-2-6-10-16)19-22-20(24-23-19)17-11-13-21-14-12-17;1-3-9-18(10-4-1)15-20-13-7-8-14-21(17-20)16-19-11-5-2-6-12-19;20-18(15-7-3-1-4-8-15,16-9-5-2-6-10-16)17-11-13-19-14-12-17;18-9-8-15(14-4-2-1-3-5-14)10-13-6-7-16-17(11-13)20-12-19-16;17-9-8-14(12-4-2-1-3-5-12)13-6-7-15-16(10-13)19-11-18-15;16-12-11-15(13-7-3-1-4-8-13)14-9-5-2-6-10-14/h2-13,20-21H,14-15,22H2,1H3;1-10,17-18,21H,11-14H2;1-6,9-12,20H,7-8,13-17H2;1-10,17,19-20H,11-14H2;1-7,11,15H,8-10,12,18H2;1-7,10,14H,8-9,11,17H2;1-10,15H,11-12,16H2. The molecule has 7 heterocycles. The average Bonchev–Trinajstić information content (AvgIpc) is 0.960. The van der Waals surface area contributed by atoms with Crippen molar-refractivity contribution in [1.29, 1.82) is 0 Å². The van der Waals surface area contributed by atoms with Crippen LogP contribution in [0.4, 0.5) is 0 Å². The second-order valence-electron chi connectivity index (χ2n) is 37.8. The lowest BCUT2D eigenvalue weighted by Crippen LogP contribution is -2.42. The van der Waals surface area contributed by atoms with E-state index in [0.29, 0.717) is 56.9 Å². The topological polar surface area (TPSA) is 250 Å². The van der Waals surface area contributed by atoms with Crippen molar-refractivity contribution in [3.05, 3.63) is 508 Å². The highest BCUT2D eigenvalue weighted by Gasteiger charge is 2.41. The highest BCUT2D eigenvalue weighted by molar-refractivity contribution is 5.49. The van der Waals surface area contributed by atoms with Crippen molar-refractivity contribution in [3.8, 4) is 28.7 Å². The number of benzene rings is 14. The molecule has 5 aliphatic rings. The summed E-state index contributed by atoms with van der Waals surface area (Å²) >= 11 is 0. The van der Waals surface area contributed by atoms with Crippen molar-refractivity contribution in [1.82, 2.24) is 25.7 Å². The van der Waals surface area contributed by atoms with Gasteiger partial charge in [-0.05, 0) is 274 Å². The summed E-state index contributed by atoms with van der Waals surface area (Å²) in [6, 6.07) is 140. The minimum absolute atomic E-state index is 0.00613. The van der Waals surface area contributed by atoms with Gasteiger partial charge in [-0.2, -0.15) is 4.98 Å². The van der Waals surface area contributed by atoms with E-state index in [0.717, 1.165) is 160 Å². The number of piperidine rings is 2. The third-order valence-corrected chi connectivity index (χ3v) is 27.9. The fraction of sp³-hybridized carbons (Fsp3) is 0.291. The Morgan fingerprint density at radius 2 is 0.854 bits per heavy atom. The van der Waals surface area contributed by atoms with Gasteiger partial charge in [0.1, 0.15) is 17.1 Å². The van der Waals surface area contributed by atoms with Crippen molar-refractivity contribution in [2.45, 2.75) is 144 Å². The van der Waals surface area contributed by atoms with Gasteiger partial charge < -0.3 is 71.3 Å². The molecular weight excluding hydrogens is 1780 g/mol. The first kappa shape index (κ1) is 105. The Morgan fingerprint density at radius 1 is 0.410 bits per heavy atom. The second kappa shape index (κ2) is 56.9. The molecule has 14 aromatic carbocycles. The van der Waals surface area contributed by atoms with E-state index in [-0.39, 0.29) is 23.8 Å². The molecule has 17 nitrogen and oxygen atoms in total. The number of hydrogen-bond donors (Lipinski definition) is 7. The second-order valence-corrected chi connectivity index (χ2v) is 37.8. The van der Waals surface area contributed by atoms with Crippen LogP contribution in [0.5, 0.6) is 28.7 Å². The minimum Gasteiger partial charge on any atom is -0.497 e. The summed E-state index contributed by atoms with van der Waals surface area (Å²) in [6.07, 6.45) is 16.6. The summed E-state index contributed by atoms with van der Waals surface area (Å²) in [7, 11) is 1.68. The maximum absolute atomic E-state index is 11.6. The van der Waals surface area contributed by atoms with Crippen LogP contribution in [0.3, 0.4) is 0 Å². The molecule has 0 bridgehead atoms. The van der Waals surface area contributed by atoms with Gasteiger partial charge >= 0.3 is 0 Å². The van der Waals surface area contributed by atoms with Crippen molar-refractivity contribution < 1.29 is 37.7 Å². The zero-order valence-electron chi connectivity index (χ0n) is 83.3. The Labute approximate surface area is 852 Å². The molecular formula is C127H143N9O8. The Balaban J connectivity index is 0.000000127. The highest BCUT2D eigenvalue weighted by atomic mass is 16.7. The van der Waals surface area contributed by atoms with Crippen LogP contribution in [-0.2, 0) is 37.8 Å². The monoisotopic (exact) mass is 1920 g/mol. The largest absolute Gasteiger partial charge is 0.497 e. The fourth-order valence-electron chi connectivity index (χ4n) is 20.3. The van der Waals surface area contributed by atoms with Crippen molar-refractivity contribution in [2.24, 2.45) is 34.8 Å². The van der Waals surface area contributed by atoms with Gasteiger partial charge in [-0.25, -0.2) is 0 Å². The summed E-state index contributed by atoms with van der Waals surface area (Å²) in [6.45, 7) is 10.3. The zero-order chi connectivity index (χ0) is 99.2. The van der Waals surface area contributed by atoms with E-state index in [1.54, 1.807) is 13.4 Å². The lowest BCUT2D eigenvalue weighted by Gasteiger charge is -2.39. The normalized spacial score (nSPS) is 15.2. The van der Waals surface area contributed by atoms with Gasteiger partial charge in [-0.3, -0.25) is 4.90 Å². The van der Waals surface area contributed by atoms with Crippen molar-refractivity contribution >= 4 is 0 Å². The van der Waals surface area contributed by atoms with E-state index < -0.39 is 5.60 Å². The number of aromatic nitrogens is 2. The van der Waals surface area contributed by atoms with Gasteiger partial charge in [0.25, 0.3) is 0 Å². The van der Waals surface area contributed by atoms with Crippen LogP contribution in [-0.4, -0.2) is 106 Å². The Hall–Kier alpha value is -13.8. The van der Waals surface area contributed by atoms with Gasteiger partial charge in [-0.15, -0.1) is 0 Å². The Morgan fingerprint density at radius 3 is 1.35 bits per heavy atom. The molecule has 3 fully saturated rings. The van der Waals surface area contributed by atoms with Gasteiger partial charge in [0.2, 0.25) is 19.5 Å². The third-order valence-electron chi connectivity index (χ3n) is 27.9. The summed E-state index contributed by atoms with van der Waals surface area (Å²) in [5.41, 5.74) is 40.5. The molecule has 0 saturated carbocycles. The molecule has 5 atom stereocenters. The molecule has 17 heteroatoms. The summed E-state index contributed by atoms with van der Waals surface area (Å²) < 4.78 is 37.9. The smallest absolute Gasteiger partial charge is 0.231 e. The molecule has 16 aromatic rings. The summed E-state index contributed by atoms with van der Waals surface area (Å²) in [4.78, 5) is 7.43. The molecule has 5 unspecified atom stereocenters. The van der Waals surface area contributed by atoms with Gasteiger partial charge in [0.05, 0.1) is 19.3 Å². The van der Waals surface area contributed by atoms with Crippen LogP contribution in [0.15, 0.2) is 422 Å². The molecule has 2 aromatic heterocycles. The molecule has 0 aliphatic carbocycles. The van der Waals surface area contributed by atoms with Crippen LogP contribution < -0.4 is 57.3 Å². The van der Waals surface area contributed by atoms with Crippen LogP contribution in [0.2, 0.25) is 0 Å². The number of aliphatic hydroxyl groups is 1. The molecule has 21 rings (SSSR count). The first-order valence-corrected chi connectivity index (χ1v) is 51.6. The number of nitrogens with zero attached hydrogens (tertiary/aromatic N) is 3. The number of furan rings is 1. The van der Waals surface area contributed by atoms with E-state index in [1.807, 2.05) is 140 Å². The number of likely N-dealkylation sites (tertiary alicyclic amines) is 1. The fourth-order valence-corrected chi connectivity index (χ4v) is 20.3. The Bertz CT molecular complexity index is 6030. The maximum atomic E-state index is 11.6. The van der Waals surface area contributed by atoms with Crippen LogP contribution in [0, 0.1) is 11.8 Å². The first-order chi connectivity index (χ1) is 71.0. The molecule has 0 radical (unpaired) electrons. The number of fused-ring (bicyclic) bond motifs is 2. The number of hydrogen-bond acceptors (Lipinski definition) is 17. The number of nitrogens with two attached hydrogens (primary N) is 4. The van der Waals surface area contributed by atoms with Crippen molar-refractivity contribution in [3.63, 3.8) is 0 Å². The zero-order valence-corrected chi connectivity index (χ0v) is 83.3. The number of ether oxygens (including phenoxy) is 5. The van der Waals surface area contributed by atoms with E-state index in [2.05, 4.69) is 288 Å². The van der Waals surface area contributed by atoms with E-state index in [4.69, 9.17) is 60.5 Å². The van der Waals surface area contributed by atoms with E-state index in [1.165, 1.54) is 106 Å². The Kier molecular flexibility index (Phi) is 41.3. The van der Waals surface area contributed by atoms with Gasteiger partial charge in [0.15, 0.2) is 28.8 Å². The molecule has 144 heavy (non-hydrogen) atoms. The molecule has 11 N–H and O–H groups in total. The third kappa shape index (κ3) is 31.1. The van der Waals surface area contributed by atoms with Gasteiger partial charge in [-0.1, -0.05) is 369 Å². The quantitative estimate of drug-likeness (QED) is 0.0213. The first-order valence-electron chi connectivity index (χ1n) is 51.6. The maximum Gasteiger partial charge on any atom is 0.231 e. The minimum atomic E-state index is -0.884.